The standard InChI is InChI=1S/C20H31ClN4O2S.HI/c1-3-22-19(23-14-16-7-11-25(12-8-16)28(2,26)27)24-15-20(9-10-20)17-5-4-6-18(21)13-17;/h4-6,13,16H,3,7-12,14-15H2,1-2H3,(H2,22,23,24);1H. The molecule has 1 aliphatic carbocycles. The Morgan fingerprint density at radius 3 is 2.52 bits per heavy atom. The zero-order chi connectivity index (χ0) is 20.2. The third-order valence-corrected chi connectivity index (χ3v) is 7.31. The summed E-state index contributed by atoms with van der Waals surface area (Å²) in [6, 6.07) is 8.11. The summed E-state index contributed by atoms with van der Waals surface area (Å²) in [6.07, 6.45) is 5.33. The van der Waals surface area contributed by atoms with Gasteiger partial charge in [0.15, 0.2) is 5.96 Å². The Balaban J connectivity index is 0.00000300. The summed E-state index contributed by atoms with van der Waals surface area (Å²) >= 11 is 6.16. The number of piperidine rings is 1. The first-order valence-electron chi connectivity index (χ1n) is 10.1. The van der Waals surface area contributed by atoms with E-state index in [2.05, 4.69) is 29.7 Å². The highest BCUT2D eigenvalue weighted by atomic mass is 127. The molecule has 1 aromatic carbocycles. The van der Waals surface area contributed by atoms with E-state index >= 15 is 0 Å². The molecule has 1 heterocycles. The van der Waals surface area contributed by atoms with Crippen molar-refractivity contribution < 1.29 is 8.42 Å². The molecule has 0 aromatic heterocycles. The summed E-state index contributed by atoms with van der Waals surface area (Å²) in [5, 5.41) is 7.55. The first-order valence-corrected chi connectivity index (χ1v) is 12.3. The van der Waals surface area contributed by atoms with Crippen molar-refractivity contribution in [1.82, 2.24) is 14.9 Å². The monoisotopic (exact) mass is 554 g/mol. The maximum absolute atomic E-state index is 11.6. The van der Waals surface area contributed by atoms with Gasteiger partial charge in [0, 0.05) is 36.6 Å². The number of halogens is 2. The molecule has 1 saturated heterocycles. The third-order valence-electron chi connectivity index (χ3n) is 5.78. The number of aliphatic imine (C=N–C) groups is 1. The van der Waals surface area contributed by atoms with Crippen molar-refractivity contribution in [3.8, 4) is 0 Å². The van der Waals surface area contributed by atoms with Crippen LogP contribution in [0, 0.1) is 5.92 Å². The average Bonchev–Trinajstić information content (AvgIpc) is 3.45. The fraction of sp³-hybridized carbons (Fsp3) is 0.650. The molecule has 29 heavy (non-hydrogen) atoms. The van der Waals surface area contributed by atoms with Gasteiger partial charge in [0.2, 0.25) is 10.0 Å². The van der Waals surface area contributed by atoms with Crippen LogP contribution in [0.4, 0.5) is 0 Å². The van der Waals surface area contributed by atoms with E-state index < -0.39 is 10.0 Å². The van der Waals surface area contributed by atoms with Crippen LogP contribution in [0.3, 0.4) is 0 Å². The Morgan fingerprint density at radius 2 is 1.97 bits per heavy atom. The van der Waals surface area contributed by atoms with Crippen molar-refractivity contribution in [3.63, 3.8) is 0 Å². The molecule has 0 unspecified atom stereocenters. The lowest BCUT2D eigenvalue weighted by Gasteiger charge is -2.30. The van der Waals surface area contributed by atoms with Gasteiger partial charge >= 0.3 is 0 Å². The van der Waals surface area contributed by atoms with Crippen molar-refractivity contribution in [2.24, 2.45) is 10.9 Å². The van der Waals surface area contributed by atoms with Crippen molar-refractivity contribution in [3.05, 3.63) is 34.9 Å². The first kappa shape index (κ1) is 24.7. The van der Waals surface area contributed by atoms with Gasteiger partial charge in [-0.15, -0.1) is 24.0 Å². The fourth-order valence-corrected chi connectivity index (χ4v) is 4.83. The molecule has 1 aromatic rings. The highest BCUT2D eigenvalue weighted by Gasteiger charge is 2.44. The summed E-state index contributed by atoms with van der Waals surface area (Å²) in [5.74, 6) is 1.30. The maximum atomic E-state index is 11.6. The summed E-state index contributed by atoms with van der Waals surface area (Å²) in [7, 11) is -3.07. The van der Waals surface area contributed by atoms with Gasteiger partial charge in [-0.1, -0.05) is 23.7 Å². The van der Waals surface area contributed by atoms with Gasteiger partial charge in [-0.05, 0) is 56.2 Å². The molecular formula is C20H32ClIN4O2S. The predicted molar refractivity (Wildman–Crippen MR) is 131 cm³/mol. The fourth-order valence-electron chi connectivity index (χ4n) is 3.77. The lowest BCUT2D eigenvalue weighted by molar-refractivity contribution is 0.275. The topological polar surface area (TPSA) is 73.8 Å². The largest absolute Gasteiger partial charge is 0.357 e. The van der Waals surface area contributed by atoms with Crippen LogP contribution in [-0.2, 0) is 15.4 Å². The van der Waals surface area contributed by atoms with E-state index in [1.54, 1.807) is 4.31 Å². The first-order chi connectivity index (χ1) is 13.3. The van der Waals surface area contributed by atoms with E-state index in [0.29, 0.717) is 19.0 Å². The van der Waals surface area contributed by atoms with E-state index in [-0.39, 0.29) is 29.4 Å². The zero-order valence-electron chi connectivity index (χ0n) is 17.2. The van der Waals surface area contributed by atoms with E-state index in [9.17, 15) is 8.42 Å². The minimum atomic E-state index is -3.07. The molecule has 164 valence electrons. The molecule has 6 nitrogen and oxygen atoms in total. The zero-order valence-corrected chi connectivity index (χ0v) is 21.1. The molecule has 0 spiro atoms. The highest BCUT2D eigenvalue weighted by molar-refractivity contribution is 14.0. The van der Waals surface area contributed by atoms with E-state index in [1.165, 1.54) is 11.8 Å². The number of hydrogen-bond acceptors (Lipinski definition) is 3. The van der Waals surface area contributed by atoms with E-state index in [0.717, 1.165) is 56.3 Å². The van der Waals surface area contributed by atoms with Crippen LogP contribution in [0.25, 0.3) is 0 Å². The number of hydrogen-bond donors (Lipinski definition) is 2. The number of rotatable bonds is 7. The van der Waals surface area contributed by atoms with Crippen LogP contribution < -0.4 is 10.6 Å². The van der Waals surface area contributed by atoms with Crippen molar-refractivity contribution in [2.75, 3.05) is 39.0 Å². The Kier molecular flexibility index (Phi) is 9.05. The van der Waals surface area contributed by atoms with Gasteiger partial charge in [-0.2, -0.15) is 0 Å². The van der Waals surface area contributed by atoms with Gasteiger partial charge in [-0.25, -0.2) is 12.7 Å². The van der Waals surface area contributed by atoms with Gasteiger partial charge in [0.1, 0.15) is 0 Å². The third kappa shape index (κ3) is 6.97. The molecule has 2 N–H and O–H groups in total. The van der Waals surface area contributed by atoms with Gasteiger partial charge in [0.05, 0.1) is 12.8 Å². The molecule has 0 bridgehead atoms. The minimum Gasteiger partial charge on any atom is -0.357 e. The number of guanidine groups is 1. The van der Waals surface area contributed by atoms with Crippen LogP contribution >= 0.6 is 35.6 Å². The second kappa shape index (κ2) is 10.6. The van der Waals surface area contributed by atoms with Gasteiger partial charge < -0.3 is 10.6 Å². The number of sulfonamides is 1. The van der Waals surface area contributed by atoms with Crippen LogP contribution in [-0.4, -0.2) is 57.7 Å². The Hall–Kier alpha value is -0.580. The Morgan fingerprint density at radius 1 is 1.28 bits per heavy atom. The van der Waals surface area contributed by atoms with Crippen molar-refractivity contribution >= 4 is 51.6 Å². The molecule has 3 rings (SSSR count). The summed E-state index contributed by atoms with van der Waals surface area (Å²) in [4.78, 5) is 4.84. The number of nitrogens with zero attached hydrogens (tertiary/aromatic N) is 2. The molecule has 2 fully saturated rings. The smallest absolute Gasteiger partial charge is 0.211 e. The predicted octanol–water partition coefficient (Wildman–Crippen LogP) is 3.22. The molecule has 1 saturated carbocycles. The minimum absolute atomic E-state index is 0. The van der Waals surface area contributed by atoms with Crippen molar-refractivity contribution in [2.45, 2.75) is 38.0 Å². The molecule has 0 radical (unpaired) electrons. The lowest BCUT2D eigenvalue weighted by atomic mass is 9.96. The molecule has 1 aliphatic heterocycles. The quantitative estimate of drug-likeness (QED) is 0.308. The number of benzene rings is 1. The Bertz CT molecular complexity index is 806. The SMILES string of the molecule is CCNC(=NCC1(c2cccc(Cl)c2)CC1)NCC1CCN(S(C)(=O)=O)CC1.I. The van der Waals surface area contributed by atoms with Gasteiger partial charge in [0.25, 0.3) is 0 Å². The number of nitrogens with one attached hydrogen (secondary N) is 2. The maximum Gasteiger partial charge on any atom is 0.211 e. The second-order valence-electron chi connectivity index (χ2n) is 7.97. The van der Waals surface area contributed by atoms with Crippen LogP contribution in [0.1, 0.15) is 38.2 Å². The van der Waals surface area contributed by atoms with E-state index in [1.807, 2.05) is 12.1 Å². The lowest BCUT2D eigenvalue weighted by Crippen LogP contribution is -2.44. The molecule has 9 heteroatoms. The normalized spacial score (nSPS) is 20.0. The molecular weight excluding hydrogens is 523 g/mol. The van der Waals surface area contributed by atoms with Crippen LogP contribution in [0.5, 0.6) is 0 Å². The van der Waals surface area contributed by atoms with Gasteiger partial charge in [-0.3, -0.25) is 4.99 Å². The molecule has 0 atom stereocenters. The molecule has 0 amide bonds. The summed E-state index contributed by atoms with van der Waals surface area (Å²) in [5.41, 5.74) is 1.39. The average molecular weight is 555 g/mol. The summed E-state index contributed by atoms with van der Waals surface area (Å²) in [6.45, 7) is 5.64. The van der Waals surface area contributed by atoms with Crippen LogP contribution in [0.2, 0.25) is 5.02 Å². The Labute approximate surface area is 196 Å². The van der Waals surface area contributed by atoms with E-state index in [4.69, 9.17) is 16.6 Å². The summed E-state index contributed by atoms with van der Waals surface area (Å²) < 4.78 is 24.9. The second-order valence-corrected chi connectivity index (χ2v) is 10.4. The van der Waals surface area contributed by atoms with Crippen LogP contribution in [0.15, 0.2) is 29.3 Å². The van der Waals surface area contributed by atoms with Crippen molar-refractivity contribution in [1.29, 1.82) is 0 Å². The molecule has 2 aliphatic rings. The highest BCUT2D eigenvalue weighted by Crippen LogP contribution is 2.48.